The highest BCUT2D eigenvalue weighted by Gasteiger charge is 2.30. The summed E-state index contributed by atoms with van der Waals surface area (Å²) >= 11 is 0. The SMILES string of the molecule is CN(CC1CCCC1O)C(=O)NCC(C)(C)N1CCCCC1. The van der Waals surface area contributed by atoms with E-state index in [-0.39, 0.29) is 23.6 Å². The predicted octanol–water partition coefficient (Wildman–Crippen LogP) is 2.05. The minimum atomic E-state index is -0.236. The molecule has 0 aromatic heterocycles. The number of nitrogens with one attached hydrogen (secondary N) is 1. The lowest BCUT2D eigenvalue weighted by atomic mass is 9.98. The zero-order valence-corrected chi connectivity index (χ0v) is 14.5. The normalized spacial score (nSPS) is 26.9. The number of hydrogen-bond acceptors (Lipinski definition) is 3. The van der Waals surface area contributed by atoms with Crippen molar-refractivity contribution in [1.29, 1.82) is 0 Å². The Labute approximate surface area is 135 Å². The van der Waals surface area contributed by atoms with E-state index in [0.717, 1.165) is 32.4 Å². The van der Waals surface area contributed by atoms with E-state index in [0.29, 0.717) is 13.1 Å². The van der Waals surface area contributed by atoms with E-state index in [1.807, 2.05) is 7.05 Å². The first-order valence-electron chi connectivity index (χ1n) is 8.82. The van der Waals surface area contributed by atoms with Crippen LogP contribution in [-0.4, -0.2) is 65.8 Å². The van der Waals surface area contributed by atoms with Crippen LogP contribution in [0.2, 0.25) is 0 Å². The first-order valence-corrected chi connectivity index (χ1v) is 8.82. The van der Waals surface area contributed by atoms with Crippen LogP contribution >= 0.6 is 0 Å². The first kappa shape index (κ1) is 17.5. The summed E-state index contributed by atoms with van der Waals surface area (Å²) < 4.78 is 0. The summed E-state index contributed by atoms with van der Waals surface area (Å²) in [5.74, 6) is 0.242. The Bertz CT molecular complexity index is 367. The Hall–Kier alpha value is -0.810. The largest absolute Gasteiger partial charge is 0.393 e. The van der Waals surface area contributed by atoms with Crippen LogP contribution in [0.25, 0.3) is 0 Å². The average molecular weight is 311 g/mol. The van der Waals surface area contributed by atoms with Gasteiger partial charge in [-0.3, -0.25) is 4.90 Å². The van der Waals surface area contributed by atoms with Crippen LogP contribution < -0.4 is 5.32 Å². The minimum Gasteiger partial charge on any atom is -0.393 e. The molecular formula is C17H33N3O2. The summed E-state index contributed by atoms with van der Waals surface area (Å²) in [4.78, 5) is 16.5. The molecule has 2 aliphatic rings. The molecule has 1 saturated carbocycles. The van der Waals surface area contributed by atoms with Crippen molar-refractivity contribution in [2.45, 2.75) is 64.0 Å². The molecule has 0 bridgehead atoms. The van der Waals surface area contributed by atoms with E-state index in [1.165, 1.54) is 19.3 Å². The molecule has 0 radical (unpaired) electrons. The first-order chi connectivity index (χ1) is 10.4. The Morgan fingerprint density at radius 3 is 2.50 bits per heavy atom. The quantitative estimate of drug-likeness (QED) is 0.817. The van der Waals surface area contributed by atoms with Crippen LogP contribution in [0.1, 0.15) is 52.4 Å². The molecular weight excluding hydrogens is 278 g/mol. The van der Waals surface area contributed by atoms with Crippen molar-refractivity contribution in [3.05, 3.63) is 0 Å². The molecule has 2 rings (SSSR count). The Morgan fingerprint density at radius 2 is 1.91 bits per heavy atom. The van der Waals surface area contributed by atoms with Crippen LogP contribution in [0.3, 0.4) is 0 Å². The number of aliphatic hydroxyl groups is 1. The number of carbonyl (C=O) groups is 1. The fourth-order valence-electron chi connectivity index (χ4n) is 3.70. The summed E-state index contributed by atoms with van der Waals surface area (Å²) in [5.41, 5.74) is 0.00376. The molecule has 5 nitrogen and oxygen atoms in total. The maximum Gasteiger partial charge on any atom is 0.317 e. The van der Waals surface area contributed by atoms with Crippen molar-refractivity contribution in [1.82, 2.24) is 15.1 Å². The number of carbonyl (C=O) groups excluding carboxylic acids is 1. The summed E-state index contributed by atoms with van der Waals surface area (Å²) in [6.07, 6.45) is 6.59. The topological polar surface area (TPSA) is 55.8 Å². The fourth-order valence-corrected chi connectivity index (χ4v) is 3.70. The number of rotatable bonds is 5. The average Bonchev–Trinajstić information content (AvgIpc) is 2.91. The van der Waals surface area contributed by atoms with E-state index in [4.69, 9.17) is 0 Å². The van der Waals surface area contributed by atoms with Gasteiger partial charge in [-0.05, 0) is 52.6 Å². The zero-order chi connectivity index (χ0) is 16.2. The summed E-state index contributed by atoms with van der Waals surface area (Å²) in [6, 6.07) is -0.0239. The number of likely N-dealkylation sites (tertiary alicyclic amines) is 1. The molecule has 0 aromatic rings. The van der Waals surface area contributed by atoms with E-state index in [2.05, 4.69) is 24.1 Å². The molecule has 0 spiro atoms. The van der Waals surface area contributed by atoms with Crippen molar-refractivity contribution in [3.8, 4) is 0 Å². The molecule has 22 heavy (non-hydrogen) atoms. The van der Waals surface area contributed by atoms with E-state index >= 15 is 0 Å². The van der Waals surface area contributed by atoms with Gasteiger partial charge in [0, 0.05) is 31.6 Å². The maximum atomic E-state index is 12.3. The summed E-state index contributed by atoms with van der Waals surface area (Å²) in [5, 5.41) is 13.0. The molecule has 5 heteroatoms. The lowest BCUT2D eigenvalue weighted by Gasteiger charge is -2.41. The molecule has 2 atom stereocenters. The molecule has 2 amide bonds. The number of piperidine rings is 1. The molecule has 2 N–H and O–H groups in total. The van der Waals surface area contributed by atoms with Gasteiger partial charge in [0.2, 0.25) is 0 Å². The van der Waals surface area contributed by atoms with Gasteiger partial charge in [0.1, 0.15) is 0 Å². The van der Waals surface area contributed by atoms with Crippen molar-refractivity contribution in [3.63, 3.8) is 0 Å². The van der Waals surface area contributed by atoms with Gasteiger partial charge < -0.3 is 15.3 Å². The highest BCUT2D eigenvalue weighted by atomic mass is 16.3. The summed E-state index contributed by atoms with van der Waals surface area (Å²) in [7, 11) is 1.83. The van der Waals surface area contributed by atoms with Gasteiger partial charge in [-0.15, -0.1) is 0 Å². The number of urea groups is 1. The highest BCUT2D eigenvalue weighted by Crippen LogP contribution is 2.26. The number of aliphatic hydroxyl groups excluding tert-OH is 1. The van der Waals surface area contributed by atoms with Gasteiger partial charge in [0.25, 0.3) is 0 Å². The lowest BCUT2D eigenvalue weighted by Crippen LogP contribution is -2.55. The van der Waals surface area contributed by atoms with Gasteiger partial charge in [0.05, 0.1) is 6.10 Å². The van der Waals surface area contributed by atoms with Crippen molar-refractivity contribution in [2.75, 3.05) is 33.2 Å². The Kier molecular flexibility index (Phi) is 6.09. The Balaban J connectivity index is 1.75. The smallest absolute Gasteiger partial charge is 0.317 e. The molecule has 1 saturated heterocycles. The summed E-state index contributed by atoms with van der Waals surface area (Å²) in [6.45, 7) is 8.00. The third-order valence-electron chi connectivity index (χ3n) is 5.36. The maximum absolute atomic E-state index is 12.3. The standard InChI is InChI=1S/C17H33N3O2/c1-17(2,20-10-5-4-6-11-20)13-18-16(22)19(3)12-14-8-7-9-15(14)21/h14-15,21H,4-13H2,1-3H3,(H,18,22). The van der Waals surface area contributed by atoms with Gasteiger partial charge in [-0.1, -0.05) is 12.8 Å². The number of hydrogen-bond donors (Lipinski definition) is 2. The predicted molar refractivity (Wildman–Crippen MR) is 88.9 cm³/mol. The molecule has 2 fully saturated rings. The molecule has 1 heterocycles. The third-order valence-corrected chi connectivity index (χ3v) is 5.36. The molecule has 128 valence electrons. The van der Waals surface area contributed by atoms with E-state index < -0.39 is 0 Å². The molecule has 1 aliphatic heterocycles. The second-order valence-electron chi connectivity index (χ2n) is 7.66. The third kappa shape index (κ3) is 4.59. The highest BCUT2D eigenvalue weighted by molar-refractivity contribution is 5.73. The van der Waals surface area contributed by atoms with Gasteiger partial charge >= 0.3 is 6.03 Å². The van der Waals surface area contributed by atoms with E-state index in [9.17, 15) is 9.90 Å². The lowest BCUT2D eigenvalue weighted by molar-refractivity contribution is 0.0915. The molecule has 0 aromatic carbocycles. The van der Waals surface area contributed by atoms with Crippen molar-refractivity contribution >= 4 is 6.03 Å². The van der Waals surface area contributed by atoms with Gasteiger partial charge in [0.15, 0.2) is 0 Å². The minimum absolute atomic E-state index is 0.00376. The van der Waals surface area contributed by atoms with Crippen LogP contribution in [0.4, 0.5) is 4.79 Å². The van der Waals surface area contributed by atoms with Crippen molar-refractivity contribution < 1.29 is 9.90 Å². The van der Waals surface area contributed by atoms with Crippen LogP contribution in [-0.2, 0) is 0 Å². The Morgan fingerprint density at radius 1 is 1.23 bits per heavy atom. The number of amides is 2. The second-order valence-corrected chi connectivity index (χ2v) is 7.66. The van der Waals surface area contributed by atoms with E-state index in [1.54, 1.807) is 4.90 Å². The zero-order valence-electron chi connectivity index (χ0n) is 14.5. The van der Waals surface area contributed by atoms with Gasteiger partial charge in [-0.25, -0.2) is 4.79 Å². The van der Waals surface area contributed by atoms with Gasteiger partial charge in [-0.2, -0.15) is 0 Å². The second kappa shape index (κ2) is 7.64. The molecule has 2 unspecified atom stereocenters. The van der Waals surface area contributed by atoms with Crippen LogP contribution in [0.5, 0.6) is 0 Å². The monoisotopic (exact) mass is 311 g/mol. The van der Waals surface area contributed by atoms with Crippen LogP contribution in [0.15, 0.2) is 0 Å². The van der Waals surface area contributed by atoms with Crippen molar-refractivity contribution in [2.24, 2.45) is 5.92 Å². The van der Waals surface area contributed by atoms with Crippen LogP contribution in [0, 0.1) is 5.92 Å². The molecule has 1 aliphatic carbocycles. The number of nitrogens with zero attached hydrogens (tertiary/aromatic N) is 2. The fraction of sp³-hybridized carbons (Fsp3) is 0.941.